The number of fused-ring (bicyclic) bond motifs is 1. The van der Waals surface area contributed by atoms with Crippen molar-refractivity contribution in [3.63, 3.8) is 0 Å². The number of carbonyl (C=O) groups is 1. The van der Waals surface area contributed by atoms with Gasteiger partial charge in [-0.05, 0) is 81.2 Å². The number of hydrogen-bond donors (Lipinski definition) is 6. The Morgan fingerprint density at radius 2 is 1.66 bits per heavy atom. The van der Waals surface area contributed by atoms with Gasteiger partial charge in [-0.3, -0.25) is 5.10 Å². The standard InChI is InChI=1S/C33H46N10O/c1-43-19-28(20-43)35-18-21-6-7-23-15-27(16-24(23)14-21)38-33(44)37-26-10-8-25(9-11-26)36-32-34-13-12-30(40-32)39-31-17-29(41-42-31)22-4-2-3-5-22/h6-7,12-14,17,22,25-28,35H,2-5,8-11,15-16,18-20H2,1H3,(H2,37,38,44)(H3,34,36,39,40,41,42). The second-order valence-corrected chi connectivity index (χ2v) is 13.4. The molecule has 1 saturated heterocycles. The Bertz CT molecular complexity index is 1420. The van der Waals surface area contributed by atoms with Gasteiger partial charge in [0.25, 0.3) is 0 Å². The topological polar surface area (TPSA) is 135 Å². The van der Waals surface area contributed by atoms with Gasteiger partial charge < -0.3 is 31.5 Å². The summed E-state index contributed by atoms with van der Waals surface area (Å²) in [5, 5.41) is 24.6. The van der Waals surface area contributed by atoms with Gasteiger partial charge >= 0.3 is 6.03 Å². The Morgan fingerprint density at radius 1 is 0.886 bits per heavy atom. The fourth-order valence-corrected chi connectivity index (χ4v) is 7.43. The van der Waals surface area contributed by atoms with E-state index in [1.807, 2.05) is 6.07 Å². The third-order valence-electron chi connectivity index (χ3n) is 9.90. The van der Waals surface area contributed by atoms with Crippen LogP contribution in [0.25, 0.3) is 0 Å². The molecule has 0 radical (unpaired) electrons. The highest BCUT2D eigenvalue weighted by Crippen LogP contribution is 2.34. The first-order chi connectivity index (χ1) is 21.5. The van der Waals surface area contributed by atoms with Gasteiger partial charge in [0.2, 0.25) is 5.95 Å². The minimum absolute atomic E-state index is 0.0493. The van der Waals surface area contributed by atoms with E-state index in [-0.39, 0.29) is 24.2 Å². The summed E-state index contributed by atoms with van der Waals surface area (Å²) in [5.41, 5.74) is 5.26. The van der Waals surface area contributed by atoms with Crippen LogP contribution in [0.1, 0.15) is 79.7 Å². The first-order valence-corrected chi connectivity index (χ1v) is 16.5. The number of H-pyrrole nitrogens is 1. The molecule has 1 aromatic carbocycles. The minimum Gasteiger partial charge on any atom is -0.351 e. The van der Waals surface area contributed by atoms with E-state index < -0.39 is 0 Å². The van der Waals surface area contributed by atoms with Gasteiger partial charge in [0, 0.05) is 67.7 Å². The van der Waals surface area contributed by atoms with Gasteiger partial charge in [0.1, 0.15) is 5.82 Å². The van der Waals surface area contributed by atoms with Gasteiger partial charge in [-0.1, -0.05) is 31.0 Å². The summed E-state index contributed by atoms with van der Waals surface area (Å²) in [6.45, 7) is 3.15. The van der Waals surface area contributed by atoms with Gasteiger partial charge in [-0.15, -0.1) is 0 Å². The van der Waals surface area contributed by atoms with E-state index in [4.69, 9.17) is 0 Å². The smallest absolute Gasteiger partial charge is 0.315 e. The van der Waals surface area contributed by atoms with Gasteiger partial charge in [0.15, 0.2) is 5.82 Å². The van der Waals surface area contributed by atoms with Crippen molar-refractivity contribution >= 4 is 23.6 Å². The number of carbonyl (C=O) groups excluding carboxylic acids is 1. The van der Waals surface area contributed by atoms with Crippen LogP contribution in [0.2, 0.25) is 0 Å². The Hall–Kier alpha value is -3.70. The SMILES string of the molecule is CN1CC(NCc2ccc3c(c2)CC(NC(=O)NC2CCC(Nc4nccc(Nc5cc(C6CCCC6)[nH]n5)n4)CC2)C3)C1. The molecular weight excluding hydrogens is 552 g/mol. The summed E-state index contributed by atoms with van der Waals surface area (Å²) in [7, 11) is 2.16. The molecule has 0 bridgehead atoms. The molecule has 11 heteroatoms. The van der Waals surface area contributed by atoms with Crippen LogP contribution < -0.4 is 26.6 Å². The normalized spacial score (nSPS) is 24.1. The molecule has 234 valence electrons. The van der Waals surface area contributed by atoms with Gasteiger partial charge in [0.05, 0.1) is 0 Å². The molecule has 2 amide bonds. The van der Waals surface area contributed by atoms with Crippen molar-refractivity contribution in [3.8, 4) is 0 Å². The maximum atomic E-state index is 12.9. The van der Waals surface area contributed by atoms with E-state index in [0.717, 1.165) is 69.8 Å². The summed E-state index contributed by atoms with van der Waals surface area (Å²) in [4.78, 5) is 24.3. The summed E-state index contributed by atoms with van der Waals surface area (Å²) >= 11 is 0. The number of amides is 2. The summed E-state index contributed by atoms with van der Waals surface area (Å²) < 4.78 is 0. The fraction of sp³-hybridized carbons (Fsp3) is 0.576. The largest absolute Gasteiger partial charge is 0.351 e. The Balaban J connectivity index is 0.824. The highest BCUT2D eigenvalue weighted by atomic mass is 16.2. The summed E-state index contributed by atoms with van der Waals surface area (Å²) in [6.07, 6.45) is 12.4. The monoisotopic (exact) mass is 598 g/mol. The minimum atomic E-state index is -0.0493. The molecule has 3 aromatic rings. The van der Waals surface area contributed by atoms with Crippen LogP contribution in [0.4, 0.5) is 22.4 Å². The zero-order valence-corrected chi connectivity index (χ0v) is 25.7. The Labute approximate surface area is 259 Å². The lowest BCUT2D eigenvalue weighted by Crippen LogP contribution is -2.55. The predicted octanol–water partition coefficient (Wildman–Crippen LogP) is 4.19. The molecule has 3 aliphatic carbocycles. The number of aromatic amines is 1. The van der Waals surface area contributed by atoms with Crippen molar-refractivity contribution in [2.24, 2.45) is 0 Å². The number of likely N-dealkylation sites (N-methyl/N-ethyl adjacent to an activating group) is 1. The van der Waals surface area contributed by atoms with E-state index in [0.29, 0.717) is 17.9 Å². The third kappa shape index (κ3) is 7.15. The van der Waals surface area contributed by atoms with E-state index in [9.17, 15) is 4.79 Å². The number of rotatable bonds is 10. The first kappa shape index (κ1) is 29.0. The van der Waals surface area contributed by atoms with Crippen LogP contribution in [0.5, 0.6) is 0 Å². The highest BCUT2D eigenvalue weighted by molar-refractivity contribution is 5.75. The molecule has 0 spiro atoms. The van der Waals surface area contributed by atoms with Crippen LogP contribution in [-0.2, 0) is 19.4 Å². The number of hydrogen-bond acceptors (Lipinski definition) is 8. The average molecular weight is 599 g/mol. The molecule has 11 nitrogen and oxygen atoms in total. The van der Waals surface area contributed by atoms with E-state index in [1.54, 1.807) is 6.20 Å². The molecular formula is C33H46N10O. The van der Waals surface area contributed by atoms with Crippen LogP contribution >= 0.6 is 0 Å². The summed E-state index contributed by atoms with van der Waals surface area (Å²) in [5.74, 6) is 2.72. The van der Waals surface area contributed by atoms with E-state index in [2.05, 4.69) is 83.0 Å². The zero-order valence-electron chi connectivity index (χ0n) is 25.7. The second-order valence-electron chi connectivity index (χ2n) is 13.4. The van der Waals surface area contributed by atoms with Crippen LogP contribution in [0.3, 0.4) is 0 Å². The average Bonchev–Trinajstić information content (AvgIpc) is 3.77. The predicted molar refractivity (Wildman–Crippen MR) is 172 cm³/mol. The molecule has 4 aliphatic rings. The van der Waals surface area contributed by atoms with Crippen molar-refractivity contribution in [2.45, 2.75) is 101 Å². The highest BCUT2D eigenvalue weighted by Gasteiger charge is 2.27. The van der Waals surface area contributed by atoms with Crippen molar-refractivity contribution in [3.05, 3.63) is 58.9 Å². The molecule has 3 heterocycles. The lowest BCUT2D eigenvalue weighted by molar-refractivity contribution is 0.161. The number of nitrogens with one attached hydrogen (secondary N) is 6. The van der Waals surface area contributed by atoms with Crippen LogP contribution in [0.15, 0.2) is 36.5 Å². The lowest BCUT2D eigenvalue weighted by Gasteiger charge is -2.36. The molecule has 2 saturated carbocycles. The maximum absolute atomic E-state index is 12.9. The first-order valence-electron chi connectivity index (χ1n) is 16.5. The fourth-order valence-electron chi connectivity index (χ4n) is 7.43. The Morgan fingerprint density at radius 3 is 2.48 bits per heavy atom. The second kappa shape index (κ2) is 13.1. The Kier molecular flexibility index (Phi) is 8.65. The maximum Gasteiger partial charge on any atom is 0.315 e. The van der Waals surface area contributed by atoms with Crippen LogP contribution in [-0.4, -0.2) is 75.4 Å². The summed E-state index contributed by atoms with van der Waals surface area (Å²) in [6, 6.07) is 11.9. The molecule has 1 unspecified atom stereocenters. The number of benzene rings is 1. The molecule has 3 fully saturated rings. The van der Waals surface area contributed by atoms with Crippen LogP contribution in [0, 0.1) is 0 Å². The zero-order chi connectivity index (χ0) is 29.9. The van der Waals surface area contributed by atoms with E-state index >= 15 is 0 Å². The number of anilines is 3. The molecule has 44 heavy (non-hydrogen) atoms. The molecule has 2 aromatic heterocycles. The lowest BCUT2D eigenvalue weighted by atomic mass is 9.91. The van der Waals surface area contributed by atoms with Gasteiger partial charge in [-0.2, -0.15) is 10.1 Å². The molecule has 6 N–H and O–H groups in total. The molecule has 7 rings (SSSR count). The van der Waals surface area contributed by atoms with Crippen molar-refractivity contribution in [1.29, 1.82) is 0 Å². The van der Waals surface area contributed by atoms with Crippen molar-refractivity contribution in [2.75, 3.05) is 30.8 Å². The van der Waals surface area contributed by atoms with E-state index in [1.165, 1.54) is 48.1 Å². The number of likely N-dealkylation sites (tertiary alicyclic amines) is 1. The van der Waals surface area contributed by atoms with Gasteiger partial charge in [-0.25, -0.2) is 9.78 Å². The third-order valence-corrected chi connectivity index (χ3v) is 9.90. The quantitative estimate of drug-likeness (QED) is 0.205. The number of nitrogens with zero attached hydrogens (tertiary/aromatic N) is 4. The molecule has 1 atom stereocenters. The number of urea groups is 1. The number of aromatic nitrogens is 4. The van der Waals surface area contributed by atoms with Crippen molar-refractivity contribution in [1.82, 2.24) is 41.0 Å². The molecule has 1 aliphatic heterocycles. The van der Waals surface area contributed by atoms with Crippen molar-refractivity contribution < 1.29 is 4.79 Å².